The number of nitrogens with zero attached hydrogens (tertiary/aromatic N) is 6. The molecule has 4 rings (SSSR count). The number of rotatable bonds is 4. The van der Waals surface area contributed by atoms with Crippen LogP contribution in [0.3, 0.4) is 0 Å². The van der Waals surface area contributed by atoms with Gasteiger partial charge in [-0.05, 0) is 25.5 Å². The highest BCUT2D eigenvalue weighted by Crippen LogP contribution is 2.18. The van der Waals surface area contributed by atoms with Gasteiger partial charge in [0, 0.05) is 64.4 Å². The fourth-order valence-corrected chi connectivity index (χ4v) is 3.55. The Balaban J connectivity index is 1.37. The molecular formula is C17H26N8. The zero-order valence-electron chi connectivity index (χ0n) is 14.7. The predicted molar refractivity (Wildman–Crippen MR) is 99.2 cm³/mol. The topological polar surface area (TPSA) is 74.1 Å². The Morgan fingerprint density at radius 2 is 1.96 bits per heavy atom. The van der Waals surface area contributed by atoms with E-state index >= 15 is 0 Å². The number of nitrogens with one attached hydrogen (secondary N) is 2. The summed E-state index contributed by atoms with van der Waals surface area (Å²) < 4.78 is 2.07. The van der Waals surface area contributed by atoms with E-state index in [9.17, 15) is 0 Å². The van der Waals surface area contributed by atoms with Crippen LogP contribution in [0.25, 0.3) is 0 Å². The third-order valence-corrected chi connectivity index (χ3v) is 4.95. The Morgan fingerprint density at radius 1 is 1.12 bits per heavy atom. The normalized spacial score (nSPS) is 21.4. The first-order valence-electron chi connectivity index (χ1n) is 9.07. The number of hydrogen-bond acceptors (Lipinski definition) is 7. The van der Waals surface area contributed by atoms with Crippen LogP contribution in [0.2, 0.25) is 0 Å². The number of piperidine rings is 1. The lowest BCUT2D eigenvalue weighted by atomic mass is 10.1. The summed E-state index contributed by atoms with van der Waals surface area (Å²) in [5.41, 5.74) is 0. The lowest BCUT2D eigenvalue weighted by Gasteiger charge is -2.36. The smallest absolute Gasteiger partial charge is 0.224 e. The zero-order chi connectivity index (χ0) is 17.1. The van der Waals surface area contributed by atoms with Gasteiger partial charge in [-0.25, -0.2) is 9.97 Å². The Labute approximate surface area is 148 Å². The van der Waals surface area contributed by atoms with Gasteiger partial charge in [0.2, 0.25) is 11.9 Å². The average Bonchev–Trinajstić information content (AvgIpc) is 3.09. The Kier molecular flexibility index (Phi) is 4.69. The molecule has 0 spiro atoms. The standard InChI is InChI=1S/C17H26N8/c1-23-8-7-20-17(23)25-11-9-24(10-12-25)15-4-6-19-16(22-15)21-14-3-2-5-18-13-14/h4,6-8,14,18H,2-3,5,9-13H2,1H3,(H,19,21,22). The molecule has 8 heteroatoms. The van der Waals surface area contributed by atoms with Crippen LogP contribution in [0.5, 0.6) is 0 Å². The Morgan fingerprint density at radius 3 is 2.68 bits per heavy atom. The van der Waals surface area contributed by atoms with Crippen LogP contribution in [0.15, 0.2) is 24.7 Å². The fraction of sp³-hybridized carbons (Fsp3) is 0.588. The predicted octanol–water partition coefficient (Wildman–Crippen LogP) is 0.701. The first-order valence-corrected chi connectivity index (χ1v) is 9.07. The molecule has 2 saturated heterocycles. The monoisotopic (exact) mass is 342 g/mol. The van der Waals surface area contributed by atoms with Crippen molar-refractivity contribution in [3.63, 3.8) is 0 Å². The van der Waals surface area contributed by atoms with Crippen molar-refractivity contribution < 1.29 is 0 Å². The number of anilines is 3. The molecule has 0 amide bonds. The molecule has 2 fully saturated rings. The molecule has 4 heterocycles. The number of piperazine rings is 1. The zero-order valence-corrected chi connectivity index (χ0v) is 14.7. The molecule has 2 aliphatic rings. The third kappa shape index (κ3) is 3.68. The molecule has 2 aliphatic heterocycles. The molecule has 2 aromatic rings. The molecular weight excluding hydrogens is 316 g/mol. The van der Waals surface area contributed by atoms with Crippen LogP contribution in [0, 0.1) is 0 Å². The van der Waals surface area contributed by atoms with Gasteiger partial charge in [-0.3, -0.25) is 0 Å². The highest BCUT2D eigenvalue weighted by Gasteiger charge is 2.21. The van der Waals surface area contributed by atoms with E-state index in [0.29, 0.717) is 6.04 Å². The Hall–Kier alpha value is -2.35. The van der Waals surface area contributed by atoms with Crippen molar-refractivity contribution in [2.75, 3.05) is 54.4 Å². The van der Waals surface area contributed by atoms with Crippen molar-refractivity contribution in [1.82, 2.24) is 24.8 Å². The van der Waals surface area contributed by atoms with E-state index in [1.165, 1.54) is 12.8 Å². The number of imidazole rings is 1. The summed E-state index contributed by atoms with van der Waals surface area (Å²) in [5.74, 6) is 2.77. The molecule has 0 bridgehead atoms. The van der Waals surface area contributed by atoms with Gasteiger partial charge in [-0.15, -0.1) is 0 Å². The Bertz CT molecular complexity index is 685. The molecule has 0 aromatic carbocycles. The van der Waals surface area contributed by atoms with Gasteiger partial charge in [0.1, 0.15) is 5.82 Å². The highest BCUT2D eigenvalue weighted by molar-refractivity contribution is 5.45. The second-order valence-electron chi connectivity index (χ2n) is 6.74. The van der Waals surface area contributed by atoms with Crippen molar-refractivity contribution in [1.29, 1.82) is 0 Å². The minimum Gasteiger partial charge on any atom is -0.353 e. The van der Waals surface area contributed by atoms with Crippen molar-refractivity contribution in [2.45, 2.75) is 18.9 Å². The highest BCUT2D eigenvalue weighted by atomic mass is 15.4. The van der Waals surface area contributed by atoms with Crippen LogP contribution in [0.4, 0.5) is 17.7 Å². The summed E-state index contributed by atoms with van der Waals surface area (Å²) in [6.07, 6.45) is 8.07. The van der Waals surface area contributed by atoms with Crippen molar-refractivity contribution >= 4 is 17.7 Å². The molecule has 0 radical (unpaired) electrons. The molecule has 1 unspecified atom stereocenters. The maximum Gasteiger partial charge on any atom is 0.224 e. The third-order valence-electron chi connectivity index (χ3n) is 4.95. The van der Waals surface area contributed by atoms with Gasteiger partial charge >= 0.3 is 0 Å². The minimum absolute atomic E-state index is 0.421. The molecule has 2 aromatic heterocycles. The van der Waals surface area contributed by atoms with Crippen LogP contribution in [-0.4, -0.2) is 64.8 Å². The molecule has 8 nitrogen and oxygen atoms in total. The number of aryl methyl sites for hydroxylation is 1. The molecule has 0 aliphatic carbocycles. The van der Waals surface area contributed by atoms with Gasteiger partial charge in [-0.2, -0.15) is 4.98 Å². The average molecular weight is 342 g/mol. The first-order chi connectivity index (χ1) is 12.3. The number of aromatic nitrogens is 4. The van der Waals surface area contributed by atoms with E-state index in [1.54, 1.807) is 0 Å². The summed E-state index contributed by atoms with van der Waals surface area (Å²) in [7, 11) is 2.04. The molecule has 0 saturated carbocycles. The molecule has 25 heavy (non-hydrogen) atoms. The van der Waals surface area contributed by atoms with E-state index in [4.69, 9.17) is 4.98 Å². The van der Waals surface area contributed by atoms with Gasteiger partial charge in [0.15, 0.2) is 0 Å². The van der Waals surface area contributed by atoms with Gasteiger partial charge in [-0.1, -0.05) is 0 Å². The maximum atomic E-state index is 4.73. The maximum absolute atomic E-state index is 4.73. The summed E-state index contributed by atoms with van der Waals surface area (Å²) in [4.78, 5) is 18.2. The lowest BCUT2D eigenvalue weighted by molar-refractivity contribution is 0.478. The van der Waals surface area contributed by atoms with Crippen molar-refractivity contribution in [2.24, 2.45) is 7.05 Å². The summed E-state index contributed by atoms with van der Waals surface area (Å²) in [5, 5.41) is 6.88. The second-order valence-corrected chi connectivity index (χ2v) is 6.74. The van der Waals surface area contributed by atoms with E-state index in [2.05, 4.69) is 35.0 Å². The van der Waals surface area contributed by atoms with E-state index in [-0.39, 0.29) is 0 Å². The summed E-state index contributed by atoms with van der Waals surface area (Å²) in [6.45, 7) is 5.87. The van der Waals surface area contributed by atoms with E-state index < -0.39 is 0 Å². The SMILES string of the molecule is Cn1ccnc1N1CCN(c2ccnc(NC3CCCNC3)n2)CC1. The minimum atomic E-state index is 0.421. The summed E-state index contributed by atoms with van der Waals surface area (Å²) >= 11 is 0. The van der Waals surface area contributed by atoms with Gasteiger partial charge in [0.05, 0.1) is 0 Å². The van der Waals surface area contributed by atoms with E-state index in [0.717, 1.165) is 57.0 Å². The quantitative estimate of drug-likeness (QED) is 0.847. The van der Waals surface area contributed by atoms with E-state index in [1.807, 2.05) is 31.7 Å². The van der Waals surface area contributed by atoms with Crippen molar-refractivity contribution in [3.05, 3.63) is 24.7 Å². The van der Waals surface area contributed by atoms with Crippen molar-refractivity contribution in [3.8, 4) is 0 Å². The molecule has 134 valence electrons. The van der Waals surface area contributed by atoms with Gasteiger partial charge in [0.25, 0.3) is 0 Å². The van der Waals surface area contributed by atoms with Crippen LogP contribution in [-0.2, 0) is 7.05 Å². The molecule has 2 N–H and O–H groups in total. The fourth-order valence-electron chi connectivity index (χ4n) is 3.55. The van der Waals surface area contributed by atoms with Crippen LogP contribution in [0.1, 0.15) is 12.8 Å². The van der Waals surface area contributed by atoms with Gasteiger partial charge < -0.3 is 25.0 Å². The molecule has 1 atom stereocenters. The largest absolute Gasteiger partial charge is 0.353 e. The lowest BCUT2D eigenvalue weighted by Crippen LogP contribution is -2.47. The summed E-state index contributed by atoms with van der Waals surface area (Å²) in [6, 6.07) is 2.42. The van der Waals surface area contributed by atoms with Crippen LogP contribution >= 0.6 is 0 Å². The number of hydrogen-bond donors (Lipinski definition) is 2. The van der Waals surface area contributed by atoms with Crippen LogP contribution < -0.4 is 20.4 Å². The first kappa shape index (κ1) is 16.1. The second kappa shape index (κ2) is 7.26.